The quantitative estimate of drug-likeness (QED) is 0.413. The van der Waals surface area contributed by atoms with Crippen LogP contribution in [0, 0.1) is 6.92 Å². The number of anilines is 1. The molecule has 1 atom stereocenters. The number of piperidine rings is 1. The minimum atomic E-state index is -0.218. The molecule has 3 aromatic heterocycles. The Morgan fingerprint density at radius 3 is 2.86 bits per heavy atom. The van der Waals surface area contributed by atoms with Crippen molar-refractivity contribution in [2.75, 3.05) is 39.0 Å². The zero-order valence-corrected chi connectivity index (χ0v) is 20.6. The second-order valence-corrected chi connectivity index (χ2v) is 9.21. The second-order valence-electron chi connectivity index (χ2n) is 9.21. The Bertz CT molecular complexity index is 1370. The highest BCUT2D eigenvalue weighted by Gasteiger charge is 2.22. The van der Waals surface area contributed by atoms with Gasteiger partial charge in [0.25, 0.3) is 5.91 Å². The summed E-state index contributed by atoms with van der Waals surface area (Å²) in [5.74, 6) is 1.00. The van der Waals surface area contributed by atoms with Crippen molar-refractivity contribution in [3.05, 3.63) is 71.7 Å². The van der Waals surface area contributed by atoms with Crippen molar-refractivity contribution in [1.29, 1.82) is 0 Å². The van der Waals surface area contributed by atoms with Gasteiger partial charge in [0, 0.05) is 31.4 Å². The Kier molecular flexibility index (Phi) is 6.81. The van der Waals surface area contributed by atoms with E-state index in [0.717, 1.165) is 48.4 Å². The van der Waals surface area contributed by atoms with Crippen LogP contribution in [0.5, 0.6) is 5.88 Å². The van der Waals surface area contributed by atoms with Crippen molar-refractivity contribution in [3.8, 4) is 17.1 Å². The molecule has 186 valence electrons. The van der Waals surface area contributed by atoms with E-state index in [-0.39, 0.29) is 11.8 Å². The van der Waals surface area contributed by atoms with E-state index >= 15 is 0 Å². The Morgan fingerprint density at radius 1 is 1.22 bits per heavy atom. The fourth-order valence-corrected chi connectivity index (χ4v) is 5.06. The summed E-state index contributed by atoms with van der Waals surface area (Å²) in [6.45, 7) is 5.34. The standard InChI is InChI=1S/C27H31N7O2/c1-18-13-23(34-24(18)25(28)31-17-32-34)21-14-22(27(36-2)30-15-21)26(35)29-10-12-33-11-6-9-20(16-33)19-7-4-3-5-8-19/h3-5,7-8,13-15,17,20H,6,9-12,16H2,1-2H3,(H,29,35)(H2,28,31,32). The third-order valence-corrected chi connectivity index (χ3v) is 6.85. The van der Waals surface area contributed by atoms with E-state index in [0.29, 0.717) is 23.8 Å². The van der Waals surface area contributed by atoms with Gasteiger partial charge in [-0.15, -0.1) is 0 Å². The molecule has 0 saturated carbocycles. The summed E-state index contributed by atoms with van der Waals surface area (Å²) in [7, 11) is 1.51. The van der Waals surface area contributed by atoms with E-state index in [1.807, 2.05) is 13.0 Å². The molecule has 0 spiro atoms. The van der Waals surface area contributed by atoms with Crippen LogP contribution in [0.25, 0.3) is 16.8 Å². The first-order chi connectivity index (χ1) is 17.5. The van der Waals surface area contributed by atoms with Crippen LogP contribution in [-0.4, -0.2) is 63.7 Å². The van der Waals surface area contributed by atoms with Gasteiger partial charge in [-0.1, -0.05) is 30.3 Å². The number of carbonyl (C=O) groups excluding carboxylic acids is 1. The lowest BCUT2D eigenvalue weighted by molar-refractivity contribution is 0.0942. The first-order valence-corrected chi connectivity index (χ1v) is 12.2. The van der Waals surface area contributed by atoms with E-state index < -0.39 is 0 Å². The maximum atomic E-state index is 13.2. The molecular formula is C27H31N7O2. The molecule has 1 aromatic carbocycles. The van der Waals surface area contributed by atoms with Crippen molar-refractivity contribution >= 4 is 17.2 Å². The number of carbonyl (C=O) groups is 1. The normalized spacial score (nSPS) is 16.2. The van der Waals surface area contributed by atoms with Gasteiger partial charge in [0.05, 0.1) is 12.8 Å². The van der Waals surface area contributed by atoms with Crippen molar-refractivity contribution < 1.29 is 9.53 Å². The molecule has 5 rings (SSSR count). The lowest BCUT2D eigenvalue weighted by Gasteiger charge is -2.33. The molecule has 1 aliphatic rings. The van der Waals surface area contributed by atoms with Gasteiger partial charge in [0.1, 0.15) is 17.4 Å². The number of rotatable bonds is 7. The maximum absolute atomic E-state index is 13.2. The van der Waals surface area contributed by atoms with Crippen LogP contribution < -0.4 is 15.8 Å². The summed E-state index contributed by atoms with van der Waals surface area (Å²) < 4.78 is 7.12. The van der Waals surface area contributed by atoms with Crippen LogP contribution in [0.3, 0.4) is 0 Å². The summed E-state index contributed by atoms with van der Waals surface area (Å²) >= 11 is 0. The minimum Gasteiger partial charge on any atom is -0.480 e. The number of likely N-dealkylation sites (tertiary alicyclic amines) is 1. The Labute approximate surface area is 210 Å². The molecule has 1 fully saturated rings. The SMILES string of the molecule is COc1ncc(-c2cc(C)c3c(N)ncnn23)cc1C(=O)NCCN1CCCC(c2ccccc2)C1. The molecule has 0 aliphatic carbocycles. The number of ether oxygens (including phenoxy) is 1. The van der Waals surface area contributed by atoms with Crippen LogP contribution in [0.4, 0.5) is 5.82 Å². The zero-order chi connectivity index (χ0) is 25.1. The molecule has 9 nitrogen and oxygen atoms in total. The molecular weight excluding hydrogens is 454 g/mol. The molecule has 0 bridgehead atoms. The number of methoxy groups -OCH3 is 1. The Morgan fingerprint density at radius 2 is 2.06 bits per heavy atom. The Balaban J connectivity index is 1.28. The summed E-state index contributed by atoms with van der Waals surface area (Å²) in [6, 6.07) is 14.4. The topological polar surface area (TPSA) is 111 Å². The third kappa shape index (κ3) is 4.74. The summed E-state index contributed by atoms with van der Waals surface area (Å²) in [5, 5.41) is 7.40. The van der Waals surface area contributed by atoms with Gasteiger partial charge in [-0.2, -0.15) is 5.10 Å². The zero-order valence-electron chi connectivity index (χ0n) is 20.6. The lowest BCUT2D eigenvalue weighted by atomic mass is 9.91. The van der Waals surface area contributed by atoms with E-state index in [9.17, 15) is 4.79 Å². The van der Waals surface area contributed by atoms with Gasteiger partial charge in [-0.3, -0.25) is 4.79 Å². The molecule has 36 heavy (non-hydrogen) atoms. The van der Waals surface area contributed by atoms with Crippen molar-refractivity contribution in [2.24, 2.45) is 0 Å². The van der Waals surface area contributed by atoms with Crippen molar-refractivity contribution in [1.82, 2.24) is 29.8 Å². The highest BCUT2D eigenvalue weighted by Crippen LogP contribution is 2.29. The average molecular weight is 486 g/mol. The number of nitrogens with zero attached hydrogens (tertiary/aromatic N) is 5. The minimum absolute atomic E-state index is 0.218. The first-order valence-electron chi connectivity index (χ1n) is 12.2. The number of aryl methyl sites for hydroxylation is 1. The largest absolute Gasteiger partial charge is 0.480 e. The molecule has 0 radical (unpaired) electrons. The van der Waals surface area contributed by atoms with Crippen LogP contribution in [-0.2, 0) is 0 Å². The number of nitrogens with one attached hydrogen (secondary N) is 1. The van der Waals surface area contributed by atoms with Crippen LogP contribution in [0.2, 0.25) is 0 Å². The molecule has 1 amide bonds. The van der Waals surface area contributed by atoms with Gasteiger partial charge >= 0.3 is 0 Å². The molecule has 4 heterocycles. The molecule has 1 unspecified atom stereocenters. The monoisotopic (exact) mass is 485 g/mol. The maximum Gasteiger partial charge on any atom is 0.256 e. The number of nitrogens with two attached hydrogens (primary N) is 1. The summed E-state index contributed by atoms with van der Waals surface area (Å²) in [5.41, 5.74) is 11.0. The predicted molar refractivity (Wildman–Crippen MR) is 139 cm³/mol. The summed E-state index contributed by atoms with van der Waals surface area (Å²) in [4.78, 5) is 24.1. The third-order valence-electron chi connectivity index (χ3n) is 6.85. The van der Waals surface area contributed by atoms with Gasteiger partial charge in [0.2, 0.25) is 5.88 Å². The number of nitrogen functional groups attached to an aromatic ring is 1. The summed E-state index contributed by atoms with van der Waals surface area (Å²) in [6.07, 6.45) is 5.45. The van der Waals surface area contributed by atoms with Gasteiger partial charge in [-0.25, -0.2) is 14.5 Å². The van der Waals surface area contributed by atoms with E-state index in [1.165, 1.54) is 25.4 Å². The van der Waals surface area contributed by atoms with Crippen molar-refractivity contribution in [2.45, 2.75) is 25.7 Å². The molecule has 1 aliphatic heterocycles. The van der Waals surface area contributed by atoms with Crippen molar-refractivity contribution in [3.63, 3.8) is 0 Å². The van der Waals surface area contributed by atoms with Crippen LogP contribution in [0.1, 0.15) is 40.2 Å². The van der Waals surface area contributed by atoms with Gasteiger partial charge < -0.3 is 20.7 Å². The number of amides is 1. The average Bonchev–Trinajstić information content (AvgIpc) is 3.26. The highest BCUT2D eigenvalue weighted by atomic mass is 16.5. The van der Waals surface area contributed by atoms with Gasteiger partial charge in [0.15, 0.2) is 5.82 Å². The van der Waals surface area contributed by atoms with Crippen LogP contribution >= 0.6 is 0 Å². The predicted octanol–water partition coefficient (Wildman–Crippen LogP) is 3.30. The molecule has 9 heteroatoms. The number of hydrogen-bond donors (Lipinski definition) is 2. The first kappa shape index (κ1) is 23.7. The van der Waals surface area contributed by atoms with Gasteiger partial charge in [-0.05, 0) is 55.5 Å². The Hall–Kier alpha value is -3.98. The van der Waals surface area contributed by atoms with Crippen LogP contribution in [0.15, 0.2) is 55.0 Å². The number of aromatic nitrogens is 4. The van der Waals surface area contributed by atoms with E-state index in [1.54, 1.807) is 16.8 Å². The number of hydrogen-bond acceptors (Lipinski definition) is 7. The number of benzene rings is 1. The smallest absolute Gasteiger partial charge is 0.256 e. The lowest BCUT2D eigenvalue weighted by Crippen LogP contribution is -2.40. The van der Waals surface area contributed by atoms with E-state index in [4.69, 9.17) is 10.5 Å². The number of pyridine rings is 1. The van der Waals surface area contributed by atoms with E-state index in [2.05, 4.69) is 55.6 Å². The fraction of sp³-hybridized carbons (Fsp3) is 0.333. The second kappa shape index (κ2) is 10.3. The molecule has 1 saturated heterocycles. The highest BCUT2D eigenvalue weighted by molar-refractivity contribution is 5.97. The molecule has 3 N–H and O–H groups in total. The molecule has 4 aromatic rings. The fourth-order valence-electron chi connectivity index (χ4n) is 5.06. The number of fused-ring (bicyclic) bond motifs is 1.